The van der Waals surface area contributed by atoms with Gasteiger partial charge in [0, 0.05) is 17.0 Å². The van der Waals surface area contributed by atoms with Crippen molar-refractivity contribution in [1.82, 2.24) is 24.8 Å². The van der Waals surface area contributed by atoms with Gasteiger partial charge in [-0.3, -0.25) is 4.57 Å². The van der Waals surface area contributed by atoms with E-state index >= 15 is 0 Å². The Hall–Kier alpha value is -2.88. The third-order valence-corrected chi connectivity index (χ3v) is 6.76. The van der Waals surface area contributed by atoms with Crippen molar-refractivity contribution in [2.45, 2.75) is 77.2 Å². The lowest BCUT2D eigenvalue weighted by atomic mass is 9.86. The predicted octanol–water partition coefficient (Wildman–Crippen LogP) is 6.26. The van der Waals surface area contributed by atoms with E-state index in [4.69, 9.17) is 37.5 Å². The molecule has 1 saturated carbocycles. The molecule has 196 valence electrons. The number of aromatic nitrogens is 4. The van der Waals surface area contributed by atoms with Crippen LogP contribution < -0.4 is 4.74 Å². The van der Waals surface area contributed by atoms with Crippen LogP contribution in [0.1, 0.15) is 69.6 Å². The molecule has 0 amide bonds. The Morgan fingerprint density at radius 1 is 1.03 bits per heavy atom. The lowest BCUT2D eigenvalue weighted by Crippen LogP contribution is -2.31. The maximum absolute atomic E-state index is 12.4. The summed E-state index contributed by atoms with van der Waals surface area (Å²) in [7, 11) is 0. The van der Waals surface area contributed by atoms with Gasteiger partial charge in [-0.2, -0.15) is 0 Å². The molecule has 1 aromatic carbocycles. The second-order valence-corrected chi connectivity index (χ2v) is 11.2. The zero-order chi connectivity index (χ0) is 26.2. The van der Waals surface area contributed by atoms with E-state index in [-0.39, 0.29) is 18.6 Å². The summed E-state index contributed by atoms with van der Waals surface area (Å²) in [5.74, 6) is 2.32. The van der Waals surface area contributed by atoms with Crippen LogP contribution in [-0.2, 0) is 22.7 Å². The summed E-state index contributed by atoms with van der Waals surface area (Å²) in [6.45, 7) is 5.97. The number of pyridine rings is 1. The standard InChI is InChI=1S/C26H29Cl2N5O4/c1-26(2,3)36-25(34)37-32-14-17-13-18(27)9-12-20(17)33-22(15-32)30-31-24(33)16-7-10-19(11-8-16)35-23-6-4-5-21(28)29-23/h4-6,9,12-13,16,19H,7-8,10-11,14-15H2,1-3H3. The highest BCUT2D eigenvalue weighted by atomic mass is 35.5. The average Bonchev–Trinajstić information content (AvgIpc) is 3.15. The summed E-state index contributed by atoms with van der Waals surface area (Å²) in [6.07, 6.45) is 2.81. The molecule has 1 aliphatic heterocycles. The number of hydrogen-bond donors (Lipinski definition) is 0. The Morgan fingerprint density at radius 3 is 2.54 bits per heavy atom. The van der Waals surface area contributed by atoms with Gasteiger partial charge in [-0.25, -0.2) is 9.78 Å². The van der Waals surface area contributed by atoms with E-state index in [1.54, 1.807) is 26.8 Å². The second-order valence-electron chi connectivity index (χ2n) is 10.3. The fourth-order valence-corrected chi connectivity index (χ4v) is 5.12. The first kappa shape index (κ1) is 25.8. The van der Waals surface area contributed by atoms with Crippen LogP contribution in [0, 0.1) is 0 Å². The minimum atomic E-state index is -0.767. The molecule has 0 spiro atoms. The summed E-state index contributed by atoms with van der Waals surface area (Å²) >= 11 is 12.3. The first-order valence-electron chi connectivity index (χ1n) is 12.3. The molecule has 0 N–H and O–H groups in total. The Kier molecular flexibility index (Phi) is 7.29. The van der Waals surface area contributed by atoms with E-state index in [0.29, 0.717) is 28.4 Å². The van der Waals surface area contributed by atoms with E-state index in [1.807, 2.05) is 30.3 Å². The molecule has 1 aliphatic carbocycles. The minimum absolute atomic E-state index is 0.0672. The van der Waals surface area contributed by atoms with Crippen LogP contribution in [0.5, 0.6) is 5.88 Å². The van der Waals surface area contributed by atoms with Gasteiger partial charge in [-0.15, -0.1) is 15.3 Å². The van der Waals surface area contributed by atoms with E-state index in [1.165, 1.54) is 5.06 Å². The highest BCUT2D eigenvalue weighted by molar-refractivity contribution is 6.30. The van der Waals surface area contributed by atoms with E-state index in [0.717, 1.165) is 42.8 Å². The number of hydroxylamine groups is 2. The van der Waals surface area contributed by atoms with E-state index in [2.05, 4.69) is 19.7 Å². The molecule has 5 rings (SSSR count). The number of benzene rings is 1. The molecule has 0 saturated heterocycles. The van der Waals surface area contributed by atoms with Gasteiger partial charge in [-0.1, -0.05) is 29.3 Å². The molecular formula is C26H29Cl2N5O4. The molecule has 0 bridgehead atoms. The van der Waals surface area contributed by atoms with Crippen molar-refractivity contribution in [3.05, 3.63) is 63.8 Å². The summed E-state index contributed by atoms with van der Waals surface area (Å²) < 4.78 is 13.5. The zero-order valence-corrected chi connectivity index (χ0v) is 22.5. The van der Waals surface area contributed by atoms with Crippen molar-refractivity contribution in [2.75, 3.05) is 0 Å². The van der Waals surface area contributed by atoms with Gasteiger partial charge in [0.05, 0.1) is 18.8 Å². The number of halogens is 2. The third-order valence-electron chi connectivity index (χ3n) is 6.31. The number of fused-ring (bicyclic) bond motifs is 3. The maximum atomic E-state index is 12.4. The molecule has 0 unspecified atom stereocenters. The first-order chi connectivity index (χ1) is 17.6. The van der Waals surface area contributed by atoms with Crippen molar-refractivity contribution < 1.29 is 19.1 Å². The smallest absolute Gasteiger partial charge is 0.474 e. The number of carbonyl (C=O) groups excluding carboxylic acids is 1. The van der Waals surface area contributed by atoms with Crippen LogP contribution in [-0.4, -0.2) is 42.7 Å². The van der Waals surface area contributed by atoms with E-state index < -0.39 is 11.8 Å². The molecule has 9 nitrogen and oxygen atoms in total. The highest BCUT2D eigenvalue weighted by Gasteiger charge is 2.32. The Balaban J connectivity index is 1.35. The Labute approximate surface area is 225 Å². The lowest BCUT2D eigenvalue weighted by molar-refractivity contribution is -0.155. The van der Waals surface area contributed by atoms with Gasteiger partial charge in [0.1, 0.15) is 22.7 Å². The minimum Gasteiger partial charge on any atom is -0.474 e. The van der Waals surface area contributed by atoms with Crippen molar-refractivity contribution in [3.8, 4) is 11.6 Å². The lowest BCUT2D eigenvalue weighted by Gasteiger charge is -2.28. The number of ether oxygens (including phenoxy) is 2. The number of carbonyl (C=O) groups is 1. The topological polar surface area (TPSA) is 91.6 Å². The summed E-state index contributed by atoms with van der Waals surface area (Å²) in [5, 5.41) is 11.6. The Bertz CT molecular complexity index is 1280. The quantitative estimate of drug-likeness (QED) is 0.280. The zero-order valence-electron chi connectivity index (χ0n) is 21.0. The van der Waals surface area contributed by atoms with Crippen LogP contribution in [0.4, 0.5) is 4.79 Å². The maximum Gasteiger partial charge on any atom is 0.528 e. The van der Waals surface area contributed by atoms with Crippen LogP contribution in [0.3, 0.4) is 0 Å². The van der Waals surface area contributed by atoms with Gasteiger partial charge in [0.25, 0.3) is 0 Å². The van der Waals surface area contributed by atoms with Crippen molar-refractivity contribution >= 4 is 29.4 Å². The molecule has 2 aromatic heterocycles. The van der Waals surface area contributed by atoms with E-state index in [9.17, 15) is 4.79 Å². The van der Waals surface area contributed by atoms with Crippen LogP contribution in [0.2, 0.25) is 10.2 Å². The third kappa shape index (κ3) is 6.17. The van der Waals surface area contributed by atoms with Crippen molar-refractivity contribution in [1.29, 1.82) is 0 Å². The van der Waals surface area contributed by atoms with Gasteiger partial charge >= 0.3 is 6.16 Å². The summed E-state index contributed by atoms with van der Waals surface area (Å²) in [6, 6.07) is 11.1. The molecule has 0 radical (unpaired) electrons. The Morgan fingerprint density at radius 2 is 1.81 bits per heavy atom. The molecule has 2 aliphatic rings. The largest absolute Gasteiger partial charge is 0.528 e. The van der Waals surface area contributed by atoms with Crippen molar-refractivity contribution in [2.24, 2.45) is 0 Å². The van der Waals surface area contributed by atoms with Crippen LogP contribution in [0.25, 0.3) is 5.69 Å². The van der Waals surface area contributed by atoms with Crippen LogP contribution >= 0.6 is 23.2 Å². The molecule has 37 heavy (non-hydrogen) atoms. The van der Waals surface area contributed by atoms with Crippen LogP contribution in [0.15, 0.2) is 36.4 Å². The molecule has 11 heteroatoms. The summed E-state index contributed by atoms with van der Waals surface area (Å²) in [5.41, 5.74) is 1.17. The fourth-order valence-electron chi connectivity index (χ4n) is 4.77. The fraction of sp³-hybridized carbons (Fsp3) is 0.462. The van der Waals surface area contributed by atoms with Gasteiger partial charge < -0.3 is 14.3 Å². The molecule has 1 fully saturated rings. The van der Waals surface area contributed by atoms with Gasteiger partial charge in [0.2, 0.25) is 5.88 Å². The second kappa shape index (κ2) is 10.5. The number of nitrogens with zero attached hydrogens (tertiary/aromatic N) is 5. The average molecular weight is 546 g/mol. The predicted molar refractivity (Wildman–Crippen MR) is 138 cm³/mol. The highest BCUT2D eigenvalue weighted by Crippen LogP contribution is 2.37. The first-order valence-corrected chi connectivity index (χ1v) is 13.1. The van der Waals surface area contributed by atoms with Gasteiger partial charge in [0.15, 0.2) is 5.82 Å². The van der Waals surface area contributed by atoms with Gasteiger partial charge in [-0.05, 0) is 76.3 Å². The SMILES string of the molecule is CC(C)(C)OC(=O)ON1Cc2cc(Cl)ccc2-n2c(nnc2C2CCC(Oc3cccc(Cl)n3)CC2)C1. The molecule has 3 aromatic rings. The molecular weight excluding hydrogens is 517 g/mol. The van der Waals surface area contributed by atoms with Crippen molar-refractivity contribution in [3.63, 3.8) is 0 Å². The summed E-state index contributed by atoms with van der Waals surface area (Å²) in [4.78, 5) is 22.2. The number of hydrogen-bond acceptors (Lipinski definition) is 8. The monoisotopic (exact) mass is 545 g/mol. The molecule has 0 atom stereocenters. The normalized spacial score (nSPS) is 19.9. The number of rotatable bonds is 4. The molecule has 3 heterocycles.